The topological polar surface area (TPSA) is 0 Å². The van der Waals surface area contributed by atoms with E-state index in [0.717, 1.165) is 5.92 Å². The summed E-state index contributed by atoms with van der Waals surface area (Å²) in [6.45, 7) is 2.18. The molecule has 2 atom stereocenters. The number of benzene rings is 1. The van der Waals surface area contributed by atoms with Crippen molar-refractivity contribution in [1.29, 1.82) is 0 Å². The molecule has 2 aromatic rings. The lowest BCUT2D eigenvalue weighted by molar-refractivity contribution is 0.456. The van der Waals surface area contributed by atoms with Crippen LogP contribution in [0.5, 0.6) is 0 Å². The van der Waals surface area contributed by atoms with E-state index in [2.05, 4.69) is 59.3 Å². The summed E-state index contributed by atoms with van der Waals surface area (Å²) < 4.78 is 0. The van der Waals surface area contributed by atoms with Crippen LogP contribution in [0, 0.1) is 12.8 Å². The number of fused-ring (bicyclic) bond motifs is 1. The highest BCUT2D eigenvalue weighted by atomic mass is 79.9. The smallest absolute Gasteiger partial charge is 0.0520 e. The lowest BCUT2D eigenvalue weighted by atomic mass is 9.82. The van der Waals surface area contributed by atoms with Crippen LogP contribution in [0.15, 0.2) is 36.4 Å². The van der Waals surface area contributed by atoms with E-state index < -0.39 is 0 Å². The molecular formula is C16H17BrS. The van der Waals surface area contributed by atoms with Gasteiger partial charge in [0.05, 0.1) is 4.83 Å². The van der Waals surface area contributed by atoms with Crippen LogP contribution >= 0.6 is 27.3 Å². The van der Waals surface area contributed by atoms with Crippen molar-refractivity contribution < 1.29 is 0 Å². The van der Waals surface area contributed by atoms with Gasteiger partial charge in [-0.2, -0.15) is 0 Å². The van der Waals surface area contributed by atoms with Gasteiger partial charge in [-0.3, -0.25) is 0 Å². The lowest BCUT2D eigenvalue weighted by Gasteiger charge is -2.28. The standard InChI is InChI=1S/C16H17BrS/c1-11-6-9-15(18-11)16(17)14-8-7-12-4-2-3-5-13(12)10-14/h2-6,9,14,16H,7-8,10H2,1H3. The third-order valence-corrected chi connectivity index (χ3v) is 6.46. The van der Waals surface area contributed by atoms with Gasteiger partial charge in [-0.25, -0.2) is 0 Å². The molecule has 1 aromatic heterocycles. The van der Waals surface area contributed by atoms with Crippen LogP contribution in [-0.2, 0) is 12.8 Å². The molecule has 1 aliphatic rings. The first-order chi connectivity index (χ1) is 8.74. The van der Waals surface area contributed by atoms with E-state index in [1.165, 1.54) is 29.0 Å². The normalized spacial score (nSPS) is 20.4. The van der Waals surface area contributed by atoms with Gasteiger partial charge >= 0.3 is 0 Å². The van der Waals surface area contributed by atoms with Crippen molar-refractivity contribution >= 4 is 27.3 Å². The van der Waals surface area contributed by atoms with E-state index in [1.807, 2.05) is 11.3 Å². The summed E-state index contributed by atoms with van der Waals surface area (Å²) in [5, 5.41) is 0. The first kappa shape index (κ1) is 12.4. The van der Waals surface area contributed by atoms with Crippen molar-refractivity contribution in [3.05, 3.63) is 57.3 Å². The highest BCUT2D eigenvalue weighted by Gasteiger charge is 2.26. The van der Waals surface area contributed by atoms with Crippen LogP contribution < -0.4 is 0 Å². The van der Waals surface area contributed by atoms with Crippen molar-refractivity contribution in [3.63, 3.8) is 0 Å². The summed E-state index contributed by atoms with van der Waals surface area (Å²) >= 11 is 5.85. The van der Waals surface area contributed by atoms with E-state index in [-0.39, 0.29) is 0 Å². The Hall–Kier alpha value is -0.600. The predicted octanol–water partition coefficient (Wildman–Crippen LogP) is 5.30. The molecule has 1 aromatic carbocycles. The summed E-state index contributed by atoms with van der Waals surface area (Å²) in [6, 6.07) is 13.4. The van der Waals surface area contributed by atoms with E-state index in [1.54, 1.807) is 11.1 Å². The Labute approximate surface area is 121 Å². The summed E-state index contributed by atoms with van der Waals surface area (Å²) in [6.07, 6.45) is 3.74. The van der Waals surface area contributed by atoms with Crippen molar-refractivity contribution in [3.8, 4) is 0 Å². The van der Waals surface area contributed by atoms with Gasteiger partial charge in [0, 0.05) is 9.75 Å². The molecular weight excluding hydrogens is 304 g/mol. The Morgan fingerprint density at radius 2 is 1.94 bits per heavy atom. The SMILES string of the molecule is Cc1ccc(C(Br)C2CCc3ccccc3C2)s1. The number of halogens is 1. The average Bonchev–Trinajstić information content (AvgIpc) is 2.84. The Bertz CT molecular complexity index is 544. The number of alkyl halides is 1. The van der Waals surface area contributed by atoms with Crippen LogP contribution in [0.3, 0.4) is 0 Å². The molecule has 0 radical (unpaired) electrons. The summed E-state index contributed by atoms with van der Waals surface area (Å²) in [4.78, 5) is 3.41. The summed E-state index contributed by atoms with van der Waals surface area (Å²) in [5.74, 6) is 0.734. The van der Waals surface area contributed by atoms with Crippen molar-refractivity contribution in [1.82, 2.24) is 0 Å². The molecule has 0 N–H and O–H groups in total. The van der Waals surface area contributed by atoms with Gasteiger partial charge < -0.3 is 0 Å². The predicted molar refractivity (Wildman–Crippen MR) is 82.7 cm³/mol. The second-order valence-corrected chi connectivity index (χ2v) is 7.43. The molecule has 0 bridgehead atoms. The second-order valence-electron chi connectivity index (χ2n) is 5.12. The summed E-state index contributed by atoms with van der Waals surface area (Å²) in [5.41, 5.74) is 3.10. The number of rotatable bonds is 2. The molecule has 1 heterocycles. The minimum atomic E-state index is 0.518. The molecule has 0 aliphatic heterocycles. The highest BCUT2D eigenvalue weighted by molar-refractivity contribution is 9.09. The van der Waals surface area contributed by atoms with E-state index >= 15 is 0 Å². The van der Waals surface area contributed by atoms with Crippen molar-refractivity contribution in [2.45, 2.75) is 31.0 Å². The van der Waals surface area contributed by atoms with Gasteiger partial charge in [-0.1, -0.05) is 40.2 Å². The maximum atomic E-state index is 3.92. The Kier molecular flexibility index (Phi) is 3.58. The largest absolute Gasteiger partial charge is 0.145 e. The lowest BCUT2D eigenvalue weighted by Crippen LogP contribution is -2.17. The molecule has 2 heteroatoms. The molecule has 0 saturated heterocycles. The van der Waals surface area contributed by atoms with E-state index in [0.29, 0.717) is 4.83 Å². The molecule has 0 amide bonds. The Morgan fingerprint density at radius 3 is 2.67 bits per heavy atom. The number of thiophene rings is 1. The molecule has 2 unspecified atom stereocenters. The highest BCUT2D eigenvalue weighted by Crippen LogP contribution is 2.41. The van der Waals surface area contributed by atoms with Gasteiger partial charge in [0.2, 0.25) is 0 Å². The fourth-order valence-electron chi connectivity index (χ4n) is 2.81. The van der Waals surface area contributed by atoms with E-state index in [9.17, 15) is 0 Å². The molecule has 0 spiro atoms. The van der Waals surface area contributed by atoms with Crippen LogP contribution in [0.4, 0.5) is 0 Å². The van der Waals surface area contributed by atoms with Gasteiger partial charge in [-0.15, -0.1) is 11.3 Å². The summed E-state index contributed by atoms with van der Waals surface area (Å²) in [7, 11) is 0. The van der Waals surface area contributed by atoms with Gasteiger partial charge in [-0.05, 0) is 55.4 Å². The van der Waals surface area contributed by atoms with Gasteiger partial charge in [0.15, 0.2) is 0 Å². The van der Waals surface area contributed by atoms with Gasteiger partial charge in [0.25, 0.3) is 0 Å². The quantitative estimate of drug-likeness (QED) is 0.659. The van der Waals surface area contributed by atoms with Crippen LogP contribution in [0.25, 0.3) is 0 Å². The first-order valence-electron chi connectivity index (χ1n) is 6.51. The second kappa shape index (κ2) is 5.18. The average molecular weight is 321 g/mol. The molecule has 0 fully saturated rings. The zero-order chi connectivity index (χ0) is 12.5. The fraction of sp³-hybridized carbons (Fsp3) is 0.375. The molecule has 1 aliphatic carbocycles. The first-order valence-corrected chi connectivity index (χ1v) is 8.24. The Morgan fingerprint density at radius 1 is 1.17 bits per heavy atom. The number of hydrogen-bond acceptors (Lipinski definition) is 1. The third kappa shape index (κ3) is 2.41. The minimum absolute atomic E-state index is 0.518. The van der Waals surface area contributed by atoms with Crippen LogP contribution in [-0.4, -0.2) is 0 Å². The van der Waals surface area contributed by atoms with Crippen molar-refractivity contribution in [2.75, 3.05) is 0 Å². The monoisotopic (exact) mass is 320 g/mol. The molecule has 3 rings (SSSR count). The maximum absolute atomic E-state index is 3.92. The number of aryl methyl sites for hydroxylation is 2. The van der Waals surface area contributed by atoms with Gasteiger partial charge in [0.1, 0.15) is 0 Å². The Balaban J connectivity index is 1.79. The fourth-order valence-corrected chi connectivity index (χ4v) is 4.64. The van der Waals surface area contributed by atoms with Crippen LogP contribution in [0.1, 0.15) is 32.1 Å². The van der Waals surface area contributed by atoms with Crippen molar-refractivity contribution in [2.24, 2.45) is 5.92 Å². The molecule has 94 valence electrons. The third-order valence-electron chi connectivity index (χ3n) is 3.83. The minimum Gasteiger partial charge on any atom is -0.145 e. The van der Waals surface area contributed by atoms with Crippen LogP contribution in [0.2, 0.25) is 0 Å². The zero-order valence-electron chi connectivity index (χ0n) is 10.5. The maximum Gasteiger partial charge on any atom is 0.0520 e. The molecule has 18 heavy (non-hydrogen) atoms. The number of hydrogen-bond donors (Lipinski definition) is 0. The molecule has 0 saturated carbocycles. The molecule has 0 nitrogen and oxygen atoms in total. The zero-order valence-corrected chi connectivity index (χ0v) is 12.9. The van der Waals surface area contributed by atoms with E-state index in [4.69, 9.17) is 0 Å².